The zero-order valence-electron chi connectivity index (χ0n) is 16.5. The van der Waals surface area contributed by atoms with E-state index in [4.69, 9.17) is 21.1 Å². The van der Waals surface area contributed by atoms with Crippen LogP contribution in [-0.4, -0.2) is 31.1 Å². The second kappa shape index (κ2) is 6.81. The molecule has 0 atom stereocenters. The Hall–Kier alpha value is -4.37. The van der Waals surface area contributed by atoms with Crippen molar-refractivity contribution in [3.63, 3.8) is 0 Å². The van der Waals surface area contributed by atoms with Gasteiger partial charge in [-0.05, 0) is 54.1 Å². The fraction of sp³-hybridized carbons (Fsp3) is 0.0435. The van der Waals surface area contributed by atoms with Crippen molar-refractivity contribution in [1.29, 1.82) is 0 Å². The van der Waals surface area contributed by atoms with E-state index in [1.165, 1.54) is 24.3 Å². The van der Waals surface area contributed by atoms with Crippen LogP contribution in [0.15, 0.2) is 54.6 Å². The van der Waals surface area contributed by atoms with Crippen LogP contribution < -0.4 is 10.1 Å². The molecule has 2 aliphatic heterocycles. The lowest BCUT2D eigenvalue weighted by atomic mass is 9.77. The number of halogens is 1. The van der Waals surface area contributed by atoms with Gasteiger partial charge in [0, 0.05) is 34.5 Å². The molecule has 0 unspecified atom stereocenters. The average Bonchev–Trinajstić information content (AvgIpc) is 3.06. The molecule has 1 spiro atoms. The minimum atomic E-state index is -1.36. The average molecular weight is 460 g/mol. The van der Waals surface area contributed by atoms with Crippen LogP contribution in [-0.2, 0) is 10.3 Å². The molecule has 0 amide bonds. The van der Waals surface area contributed by atoms with Gasteiger partial charge in [0.25, 0.3) is 0 Å². The molecule has 1 aromatic heterocycles. The van der Waals surface area contributed by atoms with Gasteiger partial charge in [0.15, 0.2) is 5.60 Å². The lowest BCUT2D eigenvalue weighted by Crippen LogP contribution is -2.33. The summed E-state index contributed by atoms with van der Waals surface area (Å²) in [5.74, 6) is 0.215. The van der Waals surface area contributed by atoms with Crippen LogP contribution in [0.3, 0.4) is 0 Å². The van der Waals surface area contributed by atoms with E-state index in [1.807, 2.05) is 0 Å². The zero-order chi connectivity index (χ0) is 22.7. The first-order chi connectivity index (χ1) is 15.9. The molecule has 6 rings (SSSR count). The van der Waals surface area contributed by atoms with Crippen LogP contribution in [0.4, 0.5) is 11.6 Å². The highest BCUT2D eigenvalue weighted by molar-refractivity contribution is 6.28. The van der Waals surface area contributed by atoms with Crippen LogP contribution in [0.1, 0.15) is 27.0 Å². The maximum absolute atomic E-state index is 13.0. The Bertz CT molecular complexity index is 1420. The van der Waals surface area contributed by atoms with Crippen molar-refractivity contribution in [2.45, 2.75) is 5.60 Å². The number of phenolic OH excluding ortho intramolecular Hbond substituents is 2. The summed E-state index contributed by atoms with van der Waals surface area (Å²) in [6, 6.07) is 14.2. The number of hydrogen-bond donors (Lipinski definition) is 3. The molecule has 0 aliphatic carbocycles. The van der Waals surface area contributed by atoms with Crippen LogP contribution in [0.5, 0.6) is 23.0 Å². The van der Waals surface area contributed by atoms with Gasteiger partial charge in [-0.1, -0.05) is 0 Å². The van der Waals surface area contributed by atoms with Crippen LogP contribution in [0, 0.1) is 6.33 Å². The van der Waals surface area contributed by atoms with Gasteiger partial charge in [0.05, 0.1) is 5.56 Å². The molecule has 1 radical (unpaired) electrons. The van der Waals surface area contributed by atoms with Crippen molar-refractivity contribution in [3.05, 3.63) is 88.5 Å². The second-order valence-electron chi connectivity index (χ2n) is 7.45. The summed E-state index contributed by atoms with van der Waals surface area (Å²) in [7, 11) is 0. The van der Waals surface area contributed by atoms with Gasteiger partial charge in [-0.3, -0.25) is 0 Å². The fourth-order valence-electron chi connectivity index (χ4n) is 4.21. The van der Waals surface area contributed by atoms with Gasteiger partial charge in [-0.2, -0.15) is 15.0 Å². The number of esters is 1. The monoisotopic (exact) mass is 459 g/mol. The van der Waals surface area contributed by atoms with Gasteiger partial charge in [-0.15, -0.1) is 0 Å². The van der Waals surface area contributed by atoms with E-state index in [9.17, 15) is 15.0 Å². The molecule has 9 nitrogen and oxygen atoms in total. The first-order valence-corrected chi connectivity index (χ1v) is 10.1. The zero-order valence-corrected chi connectivity index (χ0v) is 17.3. The standard InChI is InChI=1S/C23H12ClN4O5/c24-21-25-10-26-22(28-21)27-11-1-4-14-17(7-11)23(33-20(14)31)15-5-2-12(29)8-18(15)32-19-9-13(30)3-6-16(19)23/h1-9,29-30H,(H,25,26,27,28). The van der Waals surface area contributed by atoms with E-state index in [0.29, 0.717) is 39.4 Å². The lowest BCUT2D eigenvalue weighted by Gasteiger charge is -2.36. The molecule has 3 aromatic carbocycles. The van der Waals surface area contributed by atoms with E-state index < -0.39 is 11.6 Å². The van der Waals surface area contributed by atoms with E-state index in [2.05, 4.69) is 26.6 Å². The van der Waals surface area contributed by atoms with Gasteiger partial charge in [0.1, 0.15) is 23.0 Å². The van der Waals surface area contributed by atoms with E-state index >= 15 is 0 Å². The number of ether oxygens (including phenoxy) is 2. The van der Waals surface area contributed by atoms with Crippen molar-refractivity contribution >= 4 is 29.2 Å². The molecular formula is C23H12ClN4O5. The number of carbonyl (C=O) groups is 1. The number of hydrogen-bond acceptors (Lipinski definition) is 9. The number of rotatable bonds is 2. The summed E-state index contributed by atoms with van der Waals surface area (Å²) in [4.78, 5) is 24.5. The quantitative estimate of drug-likeness (QED) is 0.380. The van der Waals surface area contributed by atoms with Crippen LogP contribution in [0.25, 0.3) is 0 Å². The molecule has 2 aliphatic rings. The summed E-state index contributed by atoms with van der Waals surface area (Å²) >= 11 is 5.83. The Morgan fingerprint density at radius 3 is 2.27 bits per heavy atom. The number of fused-ring (bicyclic) bond motifs is 6. The Labute approximate surface area is 191 Å². The minimum absolute atomic E-state index is 0.0180. The highest BCUT2D eigenvalue weighted by atomic mass is 35.5. The third-order valence-electron chi connectivity index (χ3n) is 5.53. The van der Waals surface area contributed by atoms with Gasteiger partial charge < -0.3 is 25.0 Å². The normalized spacial score (nSPS) is 14.6. The maximum atomic E-state index is 13.0. The highest BCUT2D eigenvalue weighted by Crippen LogP contribution is 2.57. The first-order valence-electron chi connectivity index (χ1n) is 9.71. The van der Waals surface area contributed by atoms with Crippen molar-refractivity contribution in [2.24, 2.45) is 0 Å². The molecule has 0 saturated heterocycles. The van der Waals surface area contributed by atoms with Crippen molar-refractivity contribution < 1.29 is 24.5 Å². The number of nitrogens with one attached hydrogen (secondary N) is 1. The molecular weight excluding hydrogens is 448 g/mol. The predicted molar refractivity (Wildman–Crippen MR) is 115 cm³/mol. The molecule has 3 N–H and O–H groups in total. The van der Waals surface area contributed by atoms with Crippen LogP contribution in [0.2, 0.25) is 5.28 Å². The largest absolute Gasteiger partial charge is 0.508 e. The molecule has 3 heterocycles. The topological polar surface area (TPSA) is 127 Å². The SMILES string of the molecule is O=C1OC2(c3ccc(O)cc3Oc3cc(O)ccc32)c2cc(Nc3n[c]nc(Cl)n3)ccc21. The number of anilines is 2. The summed E-state index contributed by atoms with van der Waals surface area (Å²) < 4.78 is 12.0. The summed E-state index contributed by atoms with van der Waals surface area (Å²) in [5.41, 5.74) is 1.16. The van der Waals surface area contributed by atoms with Crippen molar-refractivity contribution in [1.82, 2.24) is 15.0 Å². The van der Waals surface area contributed by atoms with Crippen molar-refractivity contribution in [2.75, 3.05) is 5.32 Å². The molecule has 0 bridgehead atoms. The second-order valence-corrected chi connectivity index (χ2v) is 7.79. The third kappa shape index (κ3) is 2.86. The molecule has 0 fully saturated rings. The number of phenols is 2. The van der Waals surface area contributed by atoms with E-state index in [1.54, 1.807) is 30.3 Å². The van der Waals surface area contributed by atoms with E-state index in [0.717, 1.165) is 0 Å². The lowest BCUT2D eigenvalue weighted by molar-refractivity contribution is 0.0224. The fourth-order valence-corrected chi connectivity index (χ4v) is 4.33. The summed E-state index contributed by atoms with van der Waals surface area (Å²) in [6.45, 7) is 0. The Morgan fingerprint density at radius 2 is 1.61 bits per heavy atom. The Kier molecular flexibility index (Phi) is 3.99. The van der Waals surface area contributed by atoms with Gasteiger partial charge in [-0.25, -0.2) is 4.79 Å². The van der Waals surface area contributed by atoms with Gasteiger partial charge >= 0.3 is 5.97 Å². The van der Waals surface area contributed by atoms with E-state index in [-0.39, 0.29) is 22.7 Å². The highest BCUT2D eigenvalue weighted by Gasteiger charge is 2.53. The molecule has 10 heteroatoms. The number of nitrogens with zero attached hydrogens (tertiary/aromatic N) is 3. The molecule has 33 heavy (non-hydrogen) atoms. The molecule has 4 aromatic rings. The number of carbonyl (C=O) groups excluding carboxylic acids is 1. The smallest absolute Gasteiger partial charge is 0.340 e. The maximum Gasteiger partial charge on any atom is 0.340 e. The third-order valence-corrected chi connectivity index (χ3v) is 5.69. The Balaban J connectivity index is 1.59. The minimum Gasteiger partial charge on any atom is -0.508 e. The summed E-state index contributed by atoms with van der Waals surface area (Å²) in [5, 5.41) is 23.0. The van der Waals surface area contributed by atoms with Gasteiger partial charge in [0.2, 0.25) is 17.6 Å². The Morgan fingerprint density at radius 1 is 0.909 bits per heavy atom. The first kappa shape index (κ1) is 19.3. The summed E-state index contributed by atoms with van der Waals surface area (Å²) in [6.07, 6.45) is 2.40. The van der Waals surface area contributed by atoms with Crippen molar-refractivity contribution in [3.8, 4) is 23.0 Å². The molecule has 0 saturated carbocycles. The predicted octanol–water partition coefficient (Wildman–Crippen LogP) is 4.05. The molecule has 161 valence electrons. The van der Waals surface area contributed by atoms with Crippen LogP contribution >= 0.6 is 11.6 Å². The number of aromatic nitrogens is 3. The number of benzene rings is 3. The number of aromatic hydroxyl groups is 2.